The standard InChI is InChI=1S/C16H22N2O/c1-12-5-3-8-16(13(12)2)18-14-6-4-7-15(11-14)19-10-9-17/h4,6-7,11-13,16,18H,3,5,8,10H2,1-2H3. The van der Waals surface area contributed by atoms with E-state index in [0.717, 1.165) is 17.4 Å². The van der Waals surface area contributed by atoms with Crippen molar-refractivity contribution in [1.82, 2.24) is 0 Å². The number of ether oxygens (including phenoxy) is 1. The molecule has 1 aromatic rings. The van der Waals surface area contributed by atoms with E-state index in [1.54, 1.807) is 0 Å². The Bertz CT molecular complexity index is 452. The third-order valence-corrected chi connectivity index (χ3v) is 4.20. The minimum atomic E-state index is 0.0975. The first-order valence-corrected chi connectivity index (χ1v) is 7.07. The first kappa shape index (κ1) is 13.7. The molecule has 0 amide bonds. The van der Waals surface area contributed by atoms with E-state index in [0.29, 0.717) is 12.0 Å². The van der Waals surface area contributed by atoms with Crippen molar-refractivity contribution in [3.8, 4) is 11.8 Å². The van der Waals surface area contributed by atoms with Crippen molar-refractivity contribution < 1.29 is 4.74 Å². The van der Waals surface area contributed by atoms with Gasteiger partial charge in [-0.15, -0.1) is 0 Å². The van der Waals surface area contributed by atoms with Crippen molar-refractivity contribution in [2.45, 2.75) is 39.2 Å². The molecular formula is C16H22N2O. The summed E-state index contributed by atoms with van der Waals surface area (Å²) in [7, 11) is 0. The van der Waals surface area contributed by atoms with Crippen LogP contribution >= 0.6 is 0 Å². The molecule has 102 valence electrons. The largest absolute Gasteiger partial charge is 0.479 e. The zero-order chi connectivity index (χ0) is 13.7. The van der Waals surface area contributed by atoms with Gasteiger partial charge in [-0.1, -0.05) is 32.8 Å². The number of hydrogen-bond donors (Lipinski definition) is 1. The quantitative estimate of drug-likeness (QED) is 0.892. The van der Waals surface area contributed by atoms with Gasteiger partial charge in [-0.05, 0) is 30.4 Å². The molecule has 1 aromatic carbocycles. The summed E-state index contributed by atoms with van der Waals surface area (Å²) in [6.07, 6.45) is 3.87. The van der Waals surface area contributed by atoms with Crippen LogP contribution in [0.25, 0.3) is 0 Å². The zero-order valence-electron chi connectivity index (χ0n) is 11.7. The number of rotatable bonds is 4. The van der Waals surface area contributed by atoms with Crippen molar-refractivity contribution in [3.63, 3.8) is 0 Å². The Balaban J connectivity index is 2.00. The molecule has 0 aromatic heterocycles. The lowest BCUT2D eigenvalue weighted by Gasteiger charge is -2.35. The van der Waals surface area contributed by atoms with Crippen LogP contribution in [0.15, 0.2) is 24.3 Å². The predicted molar refractivity (Wildman–Crippen MR) is 77.1 cm³/mol. The van der Waals surface area contributed by atoms with Crippen LogP contribution in [-0.2, 0) is 0 Å². The highest BCUT2D eigenvalue weighted by Gasteiger charge is 2.26. The van der Waals surface area contributed by atoms with E-state index in [4.69, 9.17) is 10.00 Å². The van der Waals surface area contributed by atoms with Crippen LogP contribution in [0.1, 0.15) is 33.1 Å². The lowest BCUT2D eigenvalue weighted by Crippen LogP contribution is -2.34. The molecule has 0 radical (unpaired) electrons. The van der Waals surface area contributed by atoms with Gasteiger partial charge in [0.2, 0.25) is 0 Å². The van der Waals surface area contributed by atoms with Gasteiger partial charge in [0, 0.05) is 17.8 Å². The summed E-state index contributed by atoms with van der Waals surface area (Å²) in [5.74, 6) is 2.23. The average Bonchev–Trinajstić information content (AvgIpc) is 2.42. The molecule has 2 rings (SSSR count). The summed E-state index contributed by atoms with van der Waals surface area (Å²) in [6, 6.07) is 10.4. The molecule has 0 heterocycles. The van der Waals surface area contributed by atoms with Crippen molar-refractivity contribution in [1.29, 1.82) is 5.26 Å². The first-order chi connectivity index (χ1) is 9.20. The second kappa shape index (κ2) is 6.47. The molecule has 3 heteroatoms. The maximum absolute atomic E-state index is 8.53. The fourth-order valence-corrected chi connectivity index (χ4v) is 2.79. The van der Waals surface area contributed by atoms with E-state index in [2.05, 4.69) is 25.2 Å². The fourth-order valence-electron chi connectivity index (χ4n) is 2.79. The molecule has 1 saturated carbocycles. The Morgan fingerprint density at radius 2 is 2.21 bits per heavy atom. The number of benzene rings is 1. The van der Waals surface area contributed by atoms with Gasteiger partial charge in [-0.3, -0.25) is 0 Å². The number of nitriles is 1. The fraction of sp³-hybridized carbons (Fsp3) is 0.562. The minimum absolute atomic E-state index is 0.0975. The molecule has 19 heavy (non-hydrogen) atoms. The smallest absolute Gasteiger partial charge is 0.174 e. The summed E-state index contributed by atoms with van der Waals surface area (Å²) < 4.78 is 5.33. The van der Waals surface area contributed by atoms with Crippen LogP contribution in [0.2, 0.25) is 0 Å². The topological polar surface area (TPSA) is 45.0 Å². The molecule has 3 unspecified atom stereocenters. The van der Waals surface area contributed by atoms with Gasteiger partial charge in [-0.25, -0.2) is 0 Å². The Kier molecular flexibility index (Phi) is 4.68. The minimum Gasteiger partial charge on any atom is -0.479 e. The Morgan fingerprint density at radius 1 is 1.37 bits per heavy atom. The van der Waals surface area contributed by atoms with Crippen molar-refractivity contribution >= 4 is 5.69 Å². The van der Waals surface area contributed by atoms with Crippen LogP contribution in [0.3, 0.4) is 0 Å². The monoisotopic (exact) mass is 258 g/mol. The average molecular weight is 258 g/mol. The summed E-state index contributed by atoms with van der Waals surface area (Å²) in [4.78, 5) is 0. The second-order valence-corrected chi connectivity index (χ2v) is 5.49. The molecule has 3 nitrogen and oxygen atoms in total. The molecule has 0 saturated heterocycles. The SMILES string of the molecule is CC1CCCC(Nc2cccc(OCC#N)c2)C1C. The van der Waals surface area contributed by atoms with Crippen LogP contribution in [-0.4, -0.2) is 12.6 Å². The van der Waals surface area contributed by atoms with E-state index in [1.165, 1.54) is 19.3 Å². The summed E-state index contributed by atoms with van der Waals surface area (Å²) in [6.45, 7) is 4.77. The third-order valence-electron chi connectivity index (χ3n) is 4.20. The molecule has 1 N–H and O–H groups in total. The normalized spacial score (nSPS) is 26.5. The third kappa shape index (κ3) is 3.64. The maximum atomic E-state index is 8.53. The molecule has 1 fully saturated rings. The summed E-state index contributed by atoms with van der Waals surface area (Å²) in [5, 5.41) is 12.1. The van der Waals surface area contributed by atoms with Crippen molar-refractivity contribution in [3.05, 3.63) is 24.3 Å². The van der Waals surface area contributed by atoms with Gasteiger partial charge in [0.15, 0.2) is 6.61 Å². The molecule has 3 atom stereocenters. The molecule has 0 bridgehead atoms. The molecule has 0 spiro atoms. The first-order valence-electron chi connectivity index (χ1n) is 7.07. The number of nitrogens with zero attached hydrogens (tertiary/aromatic N) is 1. The van der Waals surface area contributed by atoms with E-state index < -0.39 is 0 Å². The highest BCUT2D eigenvalue weighted by molar-refractivity contribution is 5.49. The van der Waals surface area contributed by atoms with Crippen molar-refractivity contribution in [2.24, 2.45) is 11.8 Å². The van der Waals surface area contributed by atoms with E-state index in [9.17, 15) is 0 Å². The number of anilines is 1. The van der Waals surface area contributed by atoms with Gasteiger partial charge in [-0.2, -0.15) is 5.26 Å². The maximum Gasteiger partial charge on any atom is 0.174 e. The predicted octanol–water partition coefficient (Wildman–Crippen LogP) is 3.83. The van der Waals surface area contributed by atoms with Gasteiger partial charge in [0.25, 0.3) is 0 Å². The highest BCUT2D eigenvalue weighted by Crippen LogP contribution is 2.32. The molecular weight excluding hydrogens is 236 g/mol. The Hall–Kier alpha value is -1.69. The number of nitrogens with one attached hydrogen (secondary N) is 1. The second-order valence-electron chi connectivity index (χ2n) is 5.49. The number of hydrogen-bond acceptors (Lipinski definition) is 3. The van der Waals surface area contributed by atoms with Crippen LogP contribution in [0.5, 0.6) is 5.75 Å². The van der Waals surface area contributed by atoms with Crippen molar-refractivity contribution in [2.75, 3.05) is 11.9 Å². The molecule has 1 aliphatic rings. The summed E-state index contributed by atoms with van der Waals surface area (Å²) >= 11 is 0. The lowest BCUT2D eigenvalue weighted by atomic mass is 9.78. The summed E-state index contributed by atoms with van der Waals surface area (Å²) in [5.41, 5.74) is 1.08. The van der Waals surface area contributed by atoms with Gasteiger partial charge >= 0.3 is 0 Å². The van der Waals surface area contributed by atoms with E-state index >= 15 is 0 Å². The van der Waals surface area contributed by atoms with Crippen LogP contribution in [0, 0.1) is 23.2 Å². The van der Waals surface area contributed by atoms with E-state index in [1.807, 2.05) is 24.3 Å². The highest BCUT2D eigenvalue weighted by atomic mass is 16.5. The van der Waals surface area contributed by atoms with Gasteiger partial charge in [0.1, 0.15) is 11.8 Å². The van der Waals surface area contributed by atoms with Crippen LogP contribution in [0.4, 0.5) is 5.69 Å². The van der Waals surface area contributed by atoms with Crippen LogP contribution < -0.4 is 10.1 Å². The van der Waals surface area contributed by atoms with Gasteiger partial charge < -0.3 is 10.1 Å². The van der Waals surface area contributed by atoms with Gasteiger partial charge in [0.05, 0.1) is 0 Å². The van der Waals surface area contributed by atoms with E-state index in [-0.39, 0.29) is 6.61 Å². The zero-order valence-corrected chi connectivity index (χ0v) is 11.7. The molecule has 0 aliphatic heterocycles. The molecule has 1 aliphatic carbocycles. The Morgan fingerprint density at radius 3 is 3.00 bits per heavy atom. The lowest BCUT2D eigenvalue weighted by molar-refractivity contribution is 0.253. The Labute approximate surface area is 115 Å².